The van der Waals surface area contributed by atoms with Gasteiger partial charge in [0.25, 0.3) is 0 Å². The van der Waals surface area contributed by atoms with Crippen molar-refractivity contribution in [1.82, 2.24) is 9.80 Å². The summed E-state index contributed by atoms with van der Waals surface area (Å²) in [6, 6.07) is 17.1. The monoisotopic (exact) mass is 560 g/mol. The van der Waals surface area contributed by atoms with Gasteiger partial charge in [0.1, 0.15) is 0 Å². The Morgan fingerprint density at radius 3 is 2.27 bits per heavy atom. The van der Waals surface area contributed by atoms with E-state index in [9.17, 15) is 9.59 Å². The zero-order chi connectivity index (χ0) is 23.8. The number of carbonyl (C=O) groups is 2. The van der Waals surface area contributed by atoms with Crippen LogP contribution in [0.4, 0.5) is 16.2 Å². The lowest BCUT2D eigenvalue weighted by Gasteiger charge is -2.39. The molecule has 0 bridgehead atoms. The van der Waals surface area contributed by atoms with Gasteiger partial charge in [-0.3, -0.25) is 9.69 Å². The van der Waals surface area contributed by atoms with Crippen LogP contribution in [0.1, 0.15) is 40.0 Å². The van der Waals surface area contributed by atoms with Crippen LogP contribution < -0.4 is 10.6 Å². The molecule has 0 aromatic heterocycles. The first kappa shape index (κ1) is 24.0. The van der Waals surface area contributed by atoms with E-state index >= 15 is 0 Å². The topological polar surface area (TPSA) is 69.9 Å². The van der Waals surface area contributed by atoms with Crippen LogP contribution in [0.25, 0.3) is 0 Å². The molecule has 2 aliphatic rings. The minimum Gasteiger partial charge on any atom is -0.334 e. The Labute approximate surface area is 210 Å². The van der Waals surface area contributed by atoms with Gasteiger partial charge in [0.05, 0.1) is 23.0 Å². The predicted octanol–water partition coefficient (Wildman–Crippen LogP) is 4.99. The maximum atomic E-state index is 13.9. The Morgan fingerprint density at radius 1 is 1.00 bits per heavy atom. The first-order valence-corrected chi connectivity index (χ1v) is 12.7. The average Bonchev–Trinajstić information content (AvgIpc) is 3.41. The minimum absolute atomic E-state index is 0.00634. The maximum Gasteiger partial charge on any atom is 0.329 e. The van der Waals surface area contributed by atoms with Crippen molar-refractivity contribution in [3.8, 4) is 0 Å². The summed E-state index contributed by atoms with van der Waals surface area (Å²) in [6.45, 7) is 7.89. The first-order valence-electron chi connectivity index (χ1n) is 11.6. The molecule has 176 valence electrons. The Kier molecular flexibility index (Phi) is 6.73. The van der Waals surface area contributed by atoms with E-state index in [0.29, 0.717) is 19.6 Å². The van der Waals surface area contributed by atoms with Gasteiger partial charge >= 0.3 is 6.03 Å². The number of rotatable bonds is 3. The summed E-state index contributed by atoms with van der Waals surface area (Å²) in [5.41, 5.74) is 7.40. The number of hydrogen-bond donors (Lipinski definition) is 1. The van der Waals surface area contributed by atoms with Crippen molar-refractivity contribution in [3.63, 3.8) is 0 Å². The molecular formula is C26H33IN4O2. The molecule has 1 unspecified atom stereocenters. The molecule has 2 aliphatic heterocycles. The molecule has 6 nitrogen and oxygen atoms in total. The number of para-hydroxylation sites is 1. The van der Waals surface area contributed by atoms with E-state index in [1.54, 1.807) is 4.90 Å². The van der Waals surface area contributed by atoms with Gasteiger partial charge < -0.3 is 15.5 Å². The lowest BCUT2D eigenvalue weighted by atomic mass is 9.85. The van der Waals surface area contributed by atoms with Crippen molar-refractivity contribution in [3.05, 3.63) is 58.2 Å². The number of nitrogens with two attached hydrogens (primary N) is 1. The predicted molar refractivity (Wildman–Crippen MR) is 140 cm³/mol. The van der Waals surface area contributed by atoms with Gasteiger partial charge in [0.2, 0.25) is 5.91 Å². The summed E-state index contributed by atoms with van der Waals surface area (Å²) >= 11 is 2.27. The second-order valence-electron chi connectivity index (χ2n) is 10.3. The van der Waals surface area contributed by atoms with Crippen LogP contribution in [0.3, 0.4) is 0 Å². The number of amides is 3. The fourth-order valence-electron chi connectivity index (χ4n) is 4.94. The SMILES string of the molecule is CC(C)(C)[C@H](N)C(=O)N1CCCC12CCN(C(=O)N(c1ccccc1)c1ccc(I)cc1)C2. The van der Waals surface area contributed by atoms with Crippen molar-refractivity contribution < 1.29 is 9.59 Å². The molecule has 2 saturated heterocycles. The molecule has 2 aromatic rings. The highest BCUT2D eigenvalue weighted by Crippen LogP contribution is 2.40. The average molecular weight is 560 g/mol. The van der Waals surface area contributed by atoms with E-state index in [0.717, 1.165) is 34.2 Å². The molecule has 0 radical (unpaired) electrons. The summed E-state index contributed by atoms with van der Waals surface area (Å²) in [7, 11) is 0. The third-order valence-corrected chi connectivity index (χ3v) is 7.67. The number of halogens is 1. The van der Waals surface area contributed by atoms with Crippen LogP contribution in [0, 0.1) is 8.99 Å². The molecule has 4 rings (SSSR count). The largest absolute Gasteiger partial charge is 0.334 e. The Bertz CT molecular complexity index is 1010. The molecule has 3 amide bonds. The third kappa shape index (κ3) is 4.75. The van der Waals surface area contributed by atoms with Crippen LogP contribution >= 0.6 is 22.6 Å². The van der Waals surface area contributed by atoms with Crippen LogP contribution in [0.5, 0.6) is 0 Å². The Hall–Kier alpha value is -2.13. The molecular weight excluding hydrogens is 527 g/mol. The van der Waals surface area contributed by atoms with E-state index in [-0.39, 0.29) is 22.9 Å². The van der Waals surface area contributed by atoms with Gasteiger partial charge in [-0.05, 0) is 83.7 Å². The summed E-state index contributed by atoms with van der Waals surface area (Å²) < 4.78 is 1.12. The van der Waals surface area contributed by atoms with E-state index in [1.807, 2.05) is 85.2 Å². The van der Waals surface area contributed by atoms with Crippen molar-refractivity contribution in [2.24, 2.45) is 11.1 Å². The molecule has 0 aliphatic carbocycles. The molecule has 7 heteroatoms. The molecule has 1 spiro atoms. The normalized spacial score (nSPS) is 21.5. The molecule has 2 aromatic carbocycles. The van der Waals surface area contributed by atoms with Gasteiger partial charge in [-0.1, -0.05) is 39.0 Å². The second kappa shape index (κ2) is 9.25. The molecule has 2 N–H and O–H groups in total. The minimum atomic E-state index is -0.551. The fourth-order valence-corrected chi connectivity index (χ4v) is 5.30. The van der Waals surface area contributed by atoms with Crippen molar-refractivity contribution in [2.75, 3.05) is 24.5 Å². The highest BCUT2D eigenvalue weighted by atomic mass is 127. The van der Waals surface area contributed by atoms with E-state index in [1.165, 1.54) is 0 Å². The summed E-state index contributed by atoms with van der Waals surface area (Å²) in [5.74, 6) is 0.00634. The highest BCUT2D eigenvalue weighted by molar-refractivity contribution is 14.1. The lowest BCUT2D eigenvalue weighted by molar-refractivity contribution is -0.138. The third-order valence-electron chi connectivity index (χ3n) is 6.95. The first-order chi connectivity index (χ1) is 15.6. The van der Waals surface area contributed by atoms with Crippen molar-refractivity contribution >= 4 is 45.9 Å². The van der Waals surface area contributed by atoms with E-state index in [4.69, 9.17) is 5.73 Å². The zero-order valence-electron chi connectivity index (χ0n) is 19.6. The second-order valence-corrected chi connectivity index (χ2v) is 11.5. The Balaban J connectivity index is 1.59. The molecule has 33 heavy (non-hydrogen) atoms. The quantitative estimate of drug-likeness (QED) is 0.538. The van der Waals surface area contributed by atoms with Crippen molar-refractivity contribution in [2.45, 2.75) is 51.6 Å². The number of benzene rings is 2. The van der Waals surface area contributed by atoms with E-state index in [2.05, 4.69) is 22.6 Å². The van der Waals surface area contributed by atoms with E-state index < -0.39 is 6.04 Å². The van der Waals surface area contributed by atoms with Crippen LogP contribution in [-0.2, 0) is 4.79 Å². The van der Waals surface area contributed by atoms with Gasteiger partial charge in [0, 0.05) is 23.2 Å². The molecule has 2 heterocycles. The number of urea groups is 1. The fraction of sp³-hybridized carbons (Fsp3) is 0.462. The standard InChI is InChI=1S/C26H33IN4O2/c1-25(2,3)22(28)23(32)30-16-7-14-26(30)15-17-29(18-26)24(33)31(20-8-5-4-6-9-20)21-12-10-19(27)11-13-21/h4-6,8-13,22H,7,14-18,28H2,1-3H3/t22-,26?/m1/s1. The van der Waals surface area contributed by atoms with Crippen LogP contribution in [-0.4, -0.2) is 53.0 Å². The molecule has 2 atom stereocenters. The summed E-state index contributed by atoms with van der Waals surface area (Å²) in [5, 5.41) is 0. The van der Waals surface area contributed by atoms with Crippen LogP contribution in [0.2, 0.25) is 0 Å². The van der Waals surface area contributed by atoms with Crippen LogP contribution in [0.15, 0.2) is 54.6 Å². The van der Waals surface area contributed by atoms with Gasteiger partial charge in [-0.2, -0.15) is 0 Å². The summed E-state index contributed by atoms with van der Waals surface area (Å²) in [4.78, 5) is 32.8. The molecule has 2 fully saturated rings. The summed E-state index contributed by atoms with van der Waals surface area (Å²) in [6.07, 6.45) is 2.65. The number of likely N-dealkylation sites (tertiary alicyclic amines) is 2. The number of nitrogens with zero attached hydrogens (tertiary/aromatic N) is 3. The zero-order valence-corrected chi connectivity index (χ0v) is 21.8. The van der Waals surface area contributed by atoms with Gasteiger partial charge in [-0.15, -0.1) is 0 Å². The maximum absolute atomic E-state index is 13.9. The number of hydrogen-bond acceptors (Lipinski definition) is 3. The number of anilines is 2. The Morgan fingerprint density at radius 2 is 1.64 bits per heavy atom. The highest BCUT2D eigenvalue weighted by Gasteiger charge is 2.51. The number of carbonyl (C=O) groups excluding carboxylic acids is 2. The van der Waals surface area contributed by atoms with Gasteiger partial charge in [0.15, 0.2) is 0 Å². The van der Waals surface area contributed by atoms with Gasteiger partial charge in [-0.25, -0.2) is 4.79 Å². The molecule has 0 saturated carbocycles. The van der Waals surface area contributed by atoms with Crippen molar-refractivity contribution in [1.29, 1.82) is 0 Å². The smallest absolute Gasteiger partial charge is 0.329 e. The lowest BCUT2D eigenvalue weighted by Crippen LogP contribution is -2.57.